The molecule has 2 heteroatoms. The molecule has 0 heterocycles. The van der Waals surface area contributed by atoms with Gasteiger partial charge in [0.2, 0.25) is 0 Å². The van der Waals surface area contributed by atoms with Crippen LogP contribution in [0.4, 0.5) is 5.69 Å². The van der Waals surface area contributed by atoms with Crippen molar-refractivity contribution in [2.75, 3.05) is 11.9 Å². The zero-order chi connectivity index (χ0) is 9.68. The Morgan fingerprint density at radius 1 is 1.31 bits per heavy atom. The molecule has 1 N–H and O–H groups in total. The van der Waals surface area contributed by atoms with Crippen molar-refractivity contribution in [3.8, 4) is 6.07 Å². The van der Waals surface area contributed by atoms with Crippen molar-refractivity contribution in [1.82, 2.24) is 0 Å². The Bertz CT molecular complexity index is 293. The fraction of sp³-hybridized carbons (Fsp3) is 0.364. The van der Waals surface area contributed by atoms with E-state index in [4.69, 9.17) is 5.26 Å². The predicted molar refractivity (Wildman–Crippen MR) is 54.5 cm³/mol. The fourth-order valence-corrected chi connectivity index (χ4v) is 0.985. The molecule has 1 aromatic carbocycles. The molecule has 0 aliphatic rings. The summed E-state index contributed by atoms with van der Waals surface area (Å²) < 4.78 is 0. The van der Waals surface area contributed by atoms with E-state index in [9.17, 15) is 0 Å². The maximum atomic E-state index is 8.58. The molecule has 0 saturated carbocycles. The molecular formula is C11H14N2. The summed E-state index contributed by atoms with van der Waals surface area (Å²) in [4.78, 5) is 0. The lowest BCUT2D eigenvalue weighted by Gasteiger charge is -2.08. The van der Waals surface area contributed by atoms with Crippen LogP contribution in [-0.2, 0) is 0 Å². The Kier molecular flexibility index (Phi) is 3.33. The van der Waals surface area contributed by atoms with Gasteiger partial charge in [-0.05, 0) is 30.2 Å². The van der Waals surface area contributed by atoms with E-state index in [2.05, 4.69) is 25.2 Å². The van der Waals surface area contributed by atoms with Crippen molar-refractivity contribution in [3.63, 3.8) is 0 Å². The van der Waals surface area contributed by atoms with E-state index in [0.29, 0.717) is 11.5 Å². The van der Waals surface area contributed by atoms with E-state index < -0.39 is 0 Å². The average molecular weight is 174 g/mol. The van der Waals surface area contributed by atoms with Gasteiger partial charge in [0.1, 0.15) is 0 Å². The summed E-state index contributed by atoms with van der Waals surface area (Å²) in [5.41, 5.74) is 1.78. The second kappa shape index (κ2) is 4.51. The van der Waals surface area contributed by atoms with Crippen molar-refractivity contribution < 1.29 is 0 Å². The van der Waals surface area contributed by atoms with E-state index in [1.54, 1.807) is 0 Å². The molecule has 68 valence electrons. The number of hydrogen-bond acceptors (Lipinski definition) is 2. The molecule has 0 bridgehead atoms. The van der Waals surface area contributed by atoms with Crippen molar-refractivity contribution in [3.05, 3.63) is 29.8 Å². The van der Waals surface area contributed by atoms with Crippen molar-refractivity contribution in [2.45, 2.75) is 13.8 Å². The molecule has 0 fully saturated rings. The Morgan fingerprint density at radius 3 is 2.38 bits per heavy atom. The van der Waals surface area contributed by atoms with Crippen LogP contribution in [0.2, 0.25) is 0 Å². The van der Waals surface area contributed by atoms with Gasteiger partial charge < -0.3 is 5.32 Å². The first-order valence-electron chi connectivity index (χ1n) is 4.46. The van der Waals surface area contributed by atoms with E-state index >= 15 is 0 Å². The molecule has 13 heavy (non-hydrogen) atoms. The zero-order valence-corrected chi connectivity index (χ0v) is 8.04. The molecule has 0 aliphatic heterocycles. The zero-order valence-electron chi connectivity index (χ0n) is 8.04. The lowest BCUT2D eigenvalue weighted by atomic mass is 10.2. The lowest BCUT2D eigenvalue weighted by Crippen LogP contribution is -2.07. The molecule has 0 spiro atoms. The average Bonchev–Trinajstić information content (AvgIpc) is 2.15. The number of nitrogens with zero attached hydrogens (tertiary/aromatic N) is 1. The van der Waals surface area contributed by atoms with Crippen molar-refractivity contribution in [2.24, 2.45) is 5.92 Å². The molecule has 0 saturated heterocycles. The van der Waals surface area contributed by atoms with Gasteiger partial charge in [0.05, 0.1) is 11.6 Å². The maximum absolute atomic E-state index is 8.58. The van der Waals surface area contributed by atoms with Crippen LogP contribution in [0.5, 0.6) is 0 Å². The highest BCUT2D eigenvalue weighted by Gasteiger charge is 1.94. The molecule has 0 radical (unpaired) electrons. The minimum atomic E-state index is 0.635. The third kappa shape index (κ3) is 3.16. The summed E-state index contributed by atoms with van der Waals surface area (Å²) in [5, 5.41) is 11.9. The quantitative estimate of drug-likeness (QED) is 0.764. The summed E-state index contributed by atoms with van der Waals surface area (Å²) >= 11 is 0. The monoisotopic (exact) mass is 174 g/mol. The van der Waals surface area contributed by atoms with Gasteiger partial charge in [-0.1, -0.05) is 13.8 Å². The highest BCUT2D eigenvalue weighted by molar-refractivity contribution is 5.47. The van der Waals surface area contributed by atoms with Gasteiger partial charge in [-0.2, -0.15) is 5.26 Å². The number of nitriles is 1. The SMILES string of the molecule is CC(C)CNc1ccc(C#N)cc1. The Labute approximate surface area is 79.2 Å². The first-order chi connectivity index (χ1) is 6.22. The highest BCUT2D eigenvalue weighted by atomic mass is 14.9. The normalized spacial score (nSPS) is 9.69. The molecule has 1 aromatic rings. The van der Waals surface area contributed by atoms with Crippen LogP contribution in [0.15, 0.2) is 24.3 Å². The van der Waals surface area contributed by atoms with Crippen LogP contribution in [-0.4, -0.2) is 6.54 Å². The van der Waals surface area contributed by atoms with Crippen LogP contribution < -0.4 is 5.32 Å². The Morgan fingerprint density at radius 2 is 1.92 bits per heavy atom. The van der Waals surface area contributed by atoms with E-state index in [1.807, 2.05) is 24.3 Å². The second-order valence-electron chi connectivity index (χ2n) is 3.46. The Hall–Kier alpha value is -1.49. The molecular weight excluding hydrogens is 160 g/mol. The summed E-state index contributed by atoms with van der Waals surface area (Å²) in [5.74, 6) is 0.635. The fourth-order valence-electron chi connectivity index (χ4n) is 0.985. The van der Waals surface area contributed by atoms with Crippen LogP contribution in [0.1, 0.15) is 19.4 Å². The topological polar surface area (TPSA) is 35.8 Å². The van der Waals surface area contributed by atoms with Crippen LogP contribution in [0.25, 0.3) is 0 Å². The molecule has 0 aromatic heterocycles. The smallest absolute Gasteiger partial charge is 0.0991 e. The molecule has 2 nitrogen and oxygen atoms in total. The summed E-state index contributed by atoms with van der Waals surface area (Å²) in [6.07, 6.45) is 0. The van der Waals surface area contributed by atoms with Gasteiger partial charge in [-0.3, -0.25) is 0 Å². The lowest BCUT2D eigenvalue weighted by molar-refractivity contribution is 0.689. The molecule has 0 amide bonds. The highest BCUT2D eigenvalue weighted by Crippen LogP contribution is 2.09. The van der Waals surface area contributed by atoms with Crippen molar-refractivity contribution >= 4 is 5.69 Å². The molecule has 0 atom stereocenters. The number of anilines is 1. The van der Waals surface area contributed by atoms with Gasteiger partial charge in [0, 0.05) is 12.2 Å². The number of nitrogens with one attached hydrogen (secondary N) is 1. The number of hydrogen-bond donors (Lipinski definition) is 1. The molecule has 0 unspecified atom stereocenters. The maximum Gasteiger partial charge on any atom is 0.0991 e. The first-order valence-corrected chi connectivity index (χ1v) is 4.46. The van der Waals surface area contributed by atoms with Gasteiger partial charge in [-0.25, -0.2) is 0 Å². The Balaban J connectivity index is 2.55. The van der Waals surface area contributed by atoms with Gasteiger partial charge in [0.25, 0.3) is 0 Å². The van der Waals surface area contributed by atoms with E-state index in [1.165, 1.54) is 0 Å². The van der Waals surface area contributed by atoms with Gasteiger partial charge in [0.15, 0.2) is 0 Å². The largest absolute Gasteiger partial charge is 0.385 e. The number of benzene rings is 1. The molecule has 0 aliphatic carbocycles. The van der Waals surface area contributed by atoms with Crippen LogP contribution in [0, 0.1) is 17.2 Å². The third-order valence-electron chi connectivity index (χ3n) is 1.73. The summed E-state index contributed by atoms with van der Waals surface area (Å²) in [6.45, 7) is 5.29. The summed E-state index contributed by atoms with van der Waals surface area (Å²) in [7, 11) is 0. The van der Waals surface area contributed by atoms with E-state index in [0.717, 1.165) is 12.2 Å². The minimum absolute atomic E-state index is 0.635. The van der Waals surface area contributed by atoms with E-state index in [-0.39, 0.29) is 0 Å². The third-order valence-corrected chi connectivity index (χ3v) is 1.73. The summed E-state index contributed by atoms with van der Waals surface area (Å²) in [6, 6.07) is 9.60. The van der Waals surface area contributed by atoms with Gasteiger partial charge in [-0.15, -0.1) is 0 Å². The predicted octanol–water partition coefficient (Wildman–Crippen LogP) is 2.63. The first kappa shape index (κ1) is 9.60. The van der Waals surface area contributed by atoms with Crippen LogP contribution in [0.3, 0.4) is 0 Å². The van der Waals surface area contributed by atoms with Gasteiger partial charge >= 0.3 is 0 Å². The molecule has 1 rings (SSSR count). The second-order valence-corrected chi connectivity index (χ2v) is 3.46. The van der Waals surface area contributed by atoms with Crippen molar-refractivity contribution in [1.29, 1.82) is 5.26 Å². The van der Waals surface area contributed by atoms with Crippen LogP contribution >= 0.6 is 0 Å². The number of rotatable bonds is 3. The minimum Gasteiger partial charge on any atom is -0.385 e. The standard InChI is InChI=1S/C11H14N2/c1-9(2)8-13-11-5-3-10(7-12)4-6-11/h3-6,9,13H,8H2,1-2H3.